The zero-order valence-corrected chi connectivity index (χ0v) is 12.1. The van der Waals surface area contributed by atoms with E-state index in [2.05, 4.69) is 31.9 Å². The molecule has 0 aliphatic rings. The zero-order chi connectivity index (χ0) is 13.1. The number of rotatable bonds is 2. The predicted octanol–water partition coefficient (Wildman–Crippen LogP) is 5.01. The molecule has 0 atom stereocenters. The summed E-state index contributed by atoms with van der Waals surface area (Å²) in [5.74, 6) is 0.448. The summed E-state index contributed by atoms with van der Waals surface area (Å²) in [6.45, 7) is 0. The number of ether oxygens (including phenoxy) is 1. The SMILES string of the molecule is N#Cc1cc(Br)cc(Oc2ccc(Br)c(F)c2)c1. The Balaban J connectivity index is 2.31. The first-order valence-corrected chi connectivity index (χ1v) is 6.50. The highest BCUT2D eigenvalue weighted by Gasteiger charge is 2.05. The summed E-state index contributed by atoms with van der Waals surface area (Å²) in [6.07, 6.45) is 0. The molecule has 0 aliphatic heterocycles. The average Bonchev–Trinajstić information content (AvgIpc) is 2.33. The molecule has 2 aromatic carbocycles. The third kappa shape index (κ3) is 3.09. The standard InChI is InChI=1S/C13H6Br2FNO/c14-9-3-8(7-17)4-11(5-9)18-10-1-2-12(15)13(16)6-10/h1-6H. The van der Waals surface area contributed by atoms with E-state index in [9.17, 15) is 4.39 Å². The van der Waals surface area contributed by atoms with Crippen LogP contribution in [0.15, 0.2) is 45.3 Å². The third-order valence-corrected chi connectivity index (χ3v) is 3.23. The molecule has 0 bridgehead atoms. The highest BCUT2D eigenvalue weighted by atomic mass is 79.9. The fourth-order valence-corrected chi connectivity index (χ4v) is 2.08. The summed E-state index contributed by atoms with van der Waals surface area (Å²) < 4.78 is 19.9. The van der Waals surface area contributed by atoms with Crippen molar-refractivity contribution < 1.29 is 9.13 Å². The molecule has 90 valence electrons. The van der Waals surface area contributed by atoms with Gasteiger partial charge in [-0.15, -0.1) is 0 Å². The van der Waals surface area contributed by atoms with Gasteiger partial charge in [-0.1, -0.05) is 15.9 Å². The first-order chi connectivity index (χ1) is 8.58. The lowest BCUT2D eigenvalue weighted by Gasteiger charge is -2.07. The maximum Gasteiger partial charge on any atom is 0.141 e. The van der Waals surface area contributed by atoms with Crippen LogP contribution in [0.5, 0.6) is 11.5 Å². The van der Waals surface area contributed by atoms with E-state index >= 15 is 0 Å². The van der Waals surface area contributed by atoms with Crippen molar-refractivity contribution in [3.63, 3.8) is 0 Å². The molecule has 0 saturated heterocycles. The Morgan fingerprint density at radius 2 is 1.83 bits per heavy atom. The summed E-state index contributed by atoms with van der Waals surface area (Å²) in [4.78, 5) is 0. The van der Waals surface area contributed by atoms with Gasteiger partial charge < -0.3 is 4.74 Å². The van der Waals surface area contributed by atoms with Crippen molar-refractivity contribution in [3.8, 4) is 17.6 Å². The Hall–Kier alpha value is -1.38. The van der Waals surface area contributed by atoms with Gasteiger partial charge in [-0.25, -0.2) is 4.39 Å². The maximum absolute atomic E-state index is 13.3. The molecule has 0 radical (unpaired) electrons. The van der Waals surface area contributed by atoms with Crippen LogP contribution in [0.4, 0.5) is 4.39 Å². The summed E-state index contributed by atoms with van der Waals surface area (Å²) in [5.41, 5.74) is 0.469. The minimum atomic E-state index is -0.400. The molecular weight excluding hydrogens is 365 g/mol. The largest absolute Gasteiger partial charge is 0.457 e. The summed E-state index contributed by atoms with van der Waals surface area (Å²) in [7, 11) is 0. The lowest BCUT2D eigenvalue weighted by atomic mass is 10.2. The number of nitriles is 1. The van der Waals surface area contributed by atoms with Crippen molar-refractivity contribution in [2.24, 2.45) is 0 Å². The second-order valence-electron chi connectivity index (χ2n) is 3.47. The zero-order valence-electron chi connectivity index (χ0n) is 8.95. The second kappa shape index (κ2) is 5.51. The van der Waals surface area contributed by atoms with Crippen LogP contribution in [-0.4, -0.2) is 0 Å². The van der Waals surface area contributed by atoms with E-state index in [4.69, 9.17) is 10.00 Å². The molecule has 0 amide bonds. The molecule has 5 heteroatoms. The van der Waals surface area contributed by atoms with E-state index in [1.165, 1.54) is 6.07 Å². The minimum absolute atomic E-state index is 0.373. The van der Waals surface area contributed by atoms with Crippen molar-refractivity contribution >= 4 is 31.9 Å². The van der Waals surface area contributed by atoms with E-state index < -0.39 is 5.82 Å². The average molecular weight is 371 g/mol. The second-order valence-corrected chi connectivity index (χ2v) is 5.24. The van der Waals surface area contributed by atoms with Crippen LogP contribution in [0.3, 0.4) is 0 Å². The van der Waals surface area contributed by atoms with Crippen LogP contribution >= 0.6 is 31.9 Å². The minimum Gasteiger partial charge on any atom is -0.457 e. The molecular formula is C13H6Br2FNO. The maximum atomic E-state index is 13.3. The van der Waals surface area contributed by atoms with Crippen LogP contribution in [0.1, 0.15) is 5.56 Å². The van der Waals surface area contributed by atoms with Crippen LogP contribution in [0.2, 0.25) is 0 Å². The highest BCUT2D eigenvalue weighted by Crippen LogP contribution is 2.28. The van der Waals surface area contributed by atoms with Crippen molar-refractivity contribution in [1.82, 2.24) is 0 Å². The predicted molar refractivity (Wildman–Crippen MR) is 73.0 cm³/mol. The molecule has 0 N–H and O–H groups in total. The Bertz CT molecular complexity index is 637. The quantitative estimate of drug-likeness (QED) is 0.743. The first-order valence-electron chi connectivity index (χ1n) is 4.92. The van der Waals surface area contributed by atoms with Gasteiger partial charge in [0.1, 0.15) is 17.3 Å². The molecule has 0 saturated carbocycles. The molecule has 0 fully saturated rings. The van der Waals surface area contributed by atoms with E-state index in [1.54, 1.807) is 30.3 Å². The van der Waals surface area contributed by atoms with E-state index in [1.807, 2.05) is 6.07 Å². The van der Waals surface area contributed by atoms with Gasteiger partial charge in [-0.05, 0) is 46.3 Å². The number of nitrogens with zero attached hydrogens (tertiary/aromatic N) is 1. The molecule has 2 aromatic rings. The number of halogens is 3. The third-order valence-electron chi connectivity index (χ3n) is 2.13. The van der Waals surface area contributed by atoms with Gasteiger partial charge in [0.2, 0.25) is 0 Å². The van der Waals surface area contributed by atoms with Crippen molar-refractivity contribution in [3.05, 3.63) is 56.7 Å². The van der Waals surface area contributed by atoms with Crippen LogP contribution in [0.25, 0.3) is 0 Å². The Morgan fingerprint density at radius 3 is 2.50 bits per heavy atom. The van der Waals surface area contributed by atoms with E-state index in [0.29, 0.717) is 21.5 Å². The smallest absolute Gasteiger partial charge is 0.141 e. The Kier molecular flexibility index (Phi) is 4.00. The summed E-state index contributed by atoms with van der Waals surface area (Å²) in [6, 6.07) is 11.5. The lowest BCUT2D eigenvalue weighted by Crippen LogP contribution is -1.87. The number of benzene rings is 2. The van der Waals surface area contributed by atoms with E-state index in [-0.39, 0.29) is 0 Å². The fraction of sp³-hybridized carbons (Fsp3) is 0. The molecule has 0 spiro atoms. The van der Waals surface area contributed by atoms with Gasteiger partial charge in [-0.2, -0.15) is 5.26 Å². The van der Waals surface area contributed by atoms with Crippen molar-refractivity contribution in [1.29, 1.82) is 5.26 Å². The fourth-order valence-electron chi connectivity index (χ4n) is 1.36. The molecule has 0 unspecified atom stereocenters. The normalized spacial score (nSPS) is 9.89. The topological polar surface area (TPSA) is 33.0 Å². The van der Waals surface area contributed by atoms with Gasteiger partial charge in [0, 0.05) is 10.5 Å². The molecule has 0 aromatic heterocycles. The van der Waals surface area contributed by atoms with E-state index in [0.717, 1.165) is 4.47 Å². The first kappa shape index (κ1) is 13.1. The molecule has 2 rings (SSSR count). The van der Waals surface area contributed by atoms with Crippen LogP contribution < -0.4 is 4.74 Å². The number of hydrogen-bond donors (Lipinski definition) is 0. The molecule has 2 nitrogen and oxygen atoms in total. The molecule has 0 heterocycles. The van der Waals surface area contributed by atoms with Gasteiger partial charge in [-0.3, -0.25) is 0 Å². The van der Waals surface area contributed by atoms with Crippen molar-refractivity contribution in [2.75, 3.05) is 0 Å². The summed E-state index contributed by atoms with van der Waals surface area (Å²) in [5, 5.41) is 8.84. The monoisotopic (exact) mass is 369 g/mol. The van der Waals surface area contributed by atoms with Gasteiger partial charge >= 0.3 is 0 Å². The van der Waals surface area contributed by atoms with Crippen LogP contribution in [0, 0.1) is 17.1 Å². The van der Waals surface area contributed by atoms with Gasteiger partial charge in [0.05, 0.1) is 16.1 Å². The summed E-state index contributed by atoms with van der Waals surface area (Å²) >= 11 is 6.35. The molecule has 18 heavy (non-hydrogen) atoms. The number of hydrogen-bond acceptors (Lipinski definition) is 2. The lowest BCUT2D eigenvalue weighted by molar-refractivity contribution is 0.475. The van der Waals surface area contributed by atoms with Crippen LogP contribution in [-0.2, 0) is 0 Å². The van der Waals surface area contributed by atoms with Gasteiger partial charge in [0.25, 0.3) is 0 Å². The Morgan fingerprint density at radius 1 is 1.06 bits per heavy atom. The van der Waals surface area contributed by atoms with Gasteiger partial charge in [0.15, 0.2) is 0 Å². The van der Waals surface area contributed by atoms with Crippen molar-refractivity contribution in [2.45, 2.75) is 0 Å². The highest BCUT2D eigenvalue weighted by molar-refractivity contribution is 9.10. The Labute approximate surface area is 120 Å². The molecule has 0 aliphatic carbocycles.